The van der Waals surface area contributed by atoms with Gasteiger partial charge in [0.05, 0.1) is 5.69 Å². The molecule has 150 valence electrons. The van der Waals surface area contributed by atoms with Crippen LogP contribution >= 0.6 is 0 Å². The van der Waals surface area contributed by atoms with Crippen molar-refractivity contribution in [3.63, 3.8) is 0 Å². The maximum Gasteiger partial charge on any atom is 0.0698 e. The van der Waals surface area contributed by atoms with Gasteiger partial charge in [0.25, 0.3) is 0 Å². The van der Waals surface area contributed by atoms with Crippen molar-refractivity contribution in [2.75, 3.05) is 40.4 Å². The molecule has 1 fully saturated rings. The minimum atomic E-state index is 0.355. The Kier molecular flexibility index (Phi) is 8.11. The molecule has 2 unspecified atom stereocenters. The number of rotatable bonds is 10. The Morgan fingerprint density at radius 1 is 1.42 bits per heavy atom. The SMILES string of the molecule is CNCCN(C)Cc1c[nH]nc1C1CCC(C)(C)C(COCC(C)C)C1. The van der Waals surface area contributed by atoms with E-state index in [0.717, 1.165) is 32.8 Å². The molecule has 0 bridgehead atoms. The Balaban J connectivity index is 1.99. The van der Waals surface area contributed by atoms with Crippen molar-refractivity contribution >= 4 is 0 Å². The largest absolute Gasteiger partial charge is 0.381 e. The lowest BCUT2D eigenvalue weighted by Gasteiger charge is -2.42. The molecule has 2 rings (SSSR count). The second-order valence-corrected chi connectivity index (χ2v) is 9.23. The van der Waals surface area contributed by atoms with Crippen LogP contribution in [0.2, 0.25) is 0 Å². The van der Waals surface area contributed by atoms with Crippen molar-refractivity contribution in [1.29, 1.82) is 0 Å². The van der Waals surface area contributed by atoms with E-state index in [2.05, 4.69) is 61.4 Å². The van der Waals surface area contributed by atoms with Gasteiger partial charge in [-0.25, -0.2) is 0 Å². The van der Waals surface area contributed by atoms with Crippen LogP contribution in [-0.2, 0) is 11.3 Å². The molecule has 1 aromatic heterocycles. The van der Waals surface area contributed by atoms with Gasteiger partial charge in [-0.2, -0.15) is 5.10 Å². The Morgan fingerprint density at radius 3 is 2.88 bits per heavy atom. The van der Waals surface area contributed by atoms with Crippen LogP contribution in [0.1, 0.15) is 64.1 Å². The number of hydrogen-bond donors (Lipinski definition) is 2. The van der Waals surface area contributed by atoms with Gasteiger partial charge in [-0.05, 0) is 50.6 Å². The quantitative estimate of drug-likeness (QED) is 0.665. The highest BCUT2D eigenvalue weighted by Gasteiger charge is 2.38. The fraction of sp³-hybridized carbons (Fsp3) is 0.857. The van der Waals surface area contributed by atoms with Crippen LogP contribution in [0.25, 0.3) is 0 Å². The zero-order valence-corrected chi connectivity index (χ0v) is 17.8. The summed E-state index contributed by atoms with van der Waals surface area (Å²) >= 11 is 0. The van der Waals surface area contributed by atoms with Gasteiger partial charge in [-0.15, -0.1) is 0 Å². The topological polar surface area (TPSA) is 53.2 Å². The molecule has 1 saturated carbocycles. The summed E-state index contributed by atoms with van der Waals surface area (Å²) in [5, 5.41) is 11.0. The Hall–Kier alpha value is -0.910. The molecule has 2 atom stereocenters. The minimum Gasteiger partial charge on any atom is -0.381 e. The van der Waals surface area contributed by atoms with Crippen molar-refractivity contribution in [3.05, 3.63) is 17.5 Å². The maximum absolute atomic E-state index is 6.03. The third kappa shape index (κ3) is 6.07. The van der Waals surface area contributed by atoms with Gasteiger partial charge in [-0.1, -0.05) is 27.7 Å². The second-order valence-electron chi connectivity index (χ2n) is 9.23. The van der Waals surface area contributed by atoms with Crippen molar-refractivity contribution in [2.24, 2.45) is 17.3 Å². The average Bonchev–Trinajstić information content (AvgIpc) is 3.02. The standard InChI is InChI=1S/C21H40N4O/c1-16(2)14-26-15-19-11-17(7-8-21(19,3)4)20-18(12-23-24-20)13-25(6)10-9-22-5/h12,16-17,19,22H,7-11,13-15H2,1-6H3,(H,23,24). The van der Waals surface area contributed by atoms with Crippen molar-refractivity contribution in [1.82, 2.24) is 20.4 Å². The van der Waals surface area contributed by atoms with Gasteiger partial charge in [0.15, 0.2) is 0 Å². The first-order valence-corrected chi connectivity index (χ1v) is 10.3. The summed E-state index contributed by atoms with van der Waals surface area (Å²) in [5.74, 6) is 1.75. The first-order chi connectivity index (χ1) is 12.3. The maximum atomic E-state index is 6.03. The number of H-pyrrole nitrogens is 1. The Morgan fingerprint density at radius 2 is 2.19 bits per heavy atom. The minimum absolute atomic E-state index is 0.355. The van der Waals surface area contributed by atoms with Gasteiger partial charge < -0.3 is 15.0 Å². The molecule has 0 aromatic carbocycles. The number of nitrogens with zero attached hydrogens (tertiary/aromatic N) is 2. The highest BCUT2D eigenvalue weighted by atomic mass is 16.5. The summed E-state index contributed by atoms with van der Waals surface area (Å²) in [6.45, 7) is 14.0. The number of hydrogen-bond acceptors (Lipinski definition) is 4. The summed E-state index contributed by atoms with van der Waals surface area (Å²) in [5.41, 5.74) is 2.99. The molecule has 5 nitrogen and oxygen atoms in total. The third-order valence-electron chi connectivity index (χ3n) is 5.90. The summed E-state index contributed by atoms with van der Waals surface area (Å²) in [7, 11) is 4.18. The molecule has 2 N–H and O–H groups in total. The van der Waals surface area contributed by atoms with Gasteiger partial charge in [0.2, 0.25) is 0 Å². The molecule has 1 aliphatic rings. The lowest BCUT2D eigenvalue weighted by Crippen LogP contribution is -2.35. The van der Waals surface area contributed by atoms with Gasteiger partial charge in [0, 0.05) is 50.5 Å². The summed E-state index contributed by atoms with van der Waals surface area (Å²) < 4.78 is 6.03. The van der Waals surface area contributed by atoms with Crippen LogP contribution in [-0.4, -0.2) is 55.5 Å². The van der Waals surface area contributed by atoms with Crippen LogP contribution < -0.4 is 5.32 Å². The number of ether oxygens (including phenoxy) is 1. The van der Waals surface area contributed by atoms with Crippen molar-refractivity contribution < 1.29 is 4.74 Å². The highest BCUT2D eigenvalue weighted by molar-refractivity contribution is 5.21. The van der Waals surface area contributed by atoms with Crippen LogP contribution in [0, 0.1) is 17.3 Å². The summed E-state index contributed by atoms with van der Waals surface area (Å²) in [6.07, 6.45) is 5.75. The molecule has 0 spiro atoms. The summed E-state index contributed by atoms with van der Waals surface area (Å²) in [4.78, 5) is 2.36. The lowest BCUT2D eigenvalue weighted by molar-refractivity contribution is 0.00868. The fourth-order valence-electron chi connectivity index (χ4n) is 4.00. The molecule has 26 heavy (non-hydrogen) atoms. The van der Waals surface area contributed by atoms with Crippen molar-refractivity contribution in [2.45, 2.75) is 59.4 Å². The van der Waals surface area contributed by atoms with Gasteiger partial charge >= 0.3 is 0 Å². The third-order valence-corrected chi connectivity index (χ3v) is 5.90. The monoisotopic (exact) mass is 364 g/mol. The van der Waals surface area contributed by atoms with Crippen LogP contribution in [0.15, 0.2) is 6.20 Å². The molecule has 0 saturated heterocycles. The molecule has 1 aromatic rings. The van der Waals surface area contributed by atoms with Crippen molar-refractivity contribution in [3.8, 4) is 0 Å². The highest BCUT2D eigenvalue weighted by Crippen LogP contribution is 2.47. The molecule has 5 heteroatoms. The molecular weight excluding hydrogens is 324 g/mol. The van der Waals surface area contributed by atoms with E-state index in [4.69, 9.17) is 4.74 Å². The molecule has 0 radical (unpaired) electrons. The number of aromatic nitrogens is 2. The first kappa shape index (κ1) is 21.4. The van der Waals surface area contributed by atoms with E-state index in [1.807, 2.05) is 7.05 Å². The molecule has 0 amide bonds. The second kappa shape index (κ2) is 9.86. The van der Waals surface area contributed by atoms with E-state index in [0.29, 0.717) is 23.2 Å². The zero-order chi connectivity index (χ0) is 19.2. The lowest BCUT2D eigenvalue weighted by atomic mass is 9.65. The van der Waals surface area contributed by atoms with Crippen LogP contribution in [0.5, 0.6) is 0 Å². The molecular formula is C21H40N4O. The average molecular weight is 365 g/mol. The molecule has 0 aliphatic heterocycles. The van der Waals surface area contributed by atoms with E-state index in [1.54, 1.807) is 0 Å². The van der Waals surface area contributed by atoms with Crippen LogP contribution in [0.3, 0.4) is 0 Å². The molecule has 1 heterocycles. The van der Waals surface area contributed by atoms with E-state index in [-0.39, 0.29) is 0 Å². The summed E-state index contributed by atoms with van der Waals surface area (Å²) in [6, 6.07) is 0. The molecule has 1 aliphatic carbocycles. The van der Waals surface area contributed by atoms with E-state index >= 15 is 0 Å². The van der Waals surface area contributed by atoms with E-state index in [1.165, 1.54) is 30.5 Å². The zero-order valence-electron chi connectivity index (χ0n) is 17.8. The van der Waals surface area contributed by atoms with Gasteiger partial charge in [0.1, 0.15) is 0 Å². The number of aromatic amines is 1. The predicted octanol–water partition coefficient (Wildman–Crippen LogP) is 3.64. The Bertz CT molecular complexity index is 526. The van der Waals surface area contributed by atoms with Crippen LogP contribution in [0.4, 0.5) is 0 Å². The first-order valence-electron chi connectivity index (χ1n) is 10.3. The number of nitrogens with one attached hydrogen (secondary N) is 2. The smallest absolute Gasteiger partial charge is 0.0698 e. The predicted molar refractivity (Wildman–Crippen MR) is 108 cm³/mol. The normalized spacial score (nSPS) is 23.1. The fourth-order valence-corrected chi connectivity index (χ4v) is 4.00. The van der Waals surface area contributed by atoms with E-state index < -0.39 is 0 Å². The number of likely N-dealkylation sites (N-methyl/N-ethyl adjacent to an activating group) is 2. The Labute approximate surface area is 160 Å². The van der Waals surface area contributed by atoms with Gasteiger partial charge in [-0.3, -0.25) is 5.10 Å². The van der Waals surface area contributed by atoms with E-state index in [9.17, 15) is 0 Å².